The Morgan fingerprint density at radius 3 is 2.69 bits per heavy atom. The van der Waals surface area contributed by atoms with Crippen molar-refractivity contribution in [3.63, 3.8) is 0 Å². The summed E-state index contributed by atoms with van der Waals surface area (Å²) in [6, 6.07) is 9.02. The molecule has 0 radical (unpaired) electrons. The number of benzene rings is 1. The summed E-state index contributed by atoms with van der Waals surface area (Å²) in [6.45, 7) is 3.24. The van der Waals surface area contributed by atoms with Gasteiger partial charge in [-0.05, 0) is 32.0 Å². The van der Waals surface area contributed by atoms with Gasteiger partial charge in [0.2, 0.25) is 0 Å². The Kier molecular flexibility index (Phi) is 5.13. The number of para-hydroxylation sites is 1. The monoisotopic (exact) mass is 371 g/mol. The number of amides is 1. The van der Waals surface area contributed by atoms with Gasteiger partial charge >= 0.3 is 5.97 Å². The molecule has 0 atom stereocenters. The molecule has 26 heavy (non-hydrogen) atoms. The highest BCUT2D eigenvalue weighted by Gasteiger charge is 2.20. The third-order valence-electron chi connectivity index (χ3n) is 3.77. The number of aromatic amines is 1. The smallest absolute Gasteiger partial charge is 0.355 e. The molecule has 0 bridgehead atoms. The maximum atomic E-state index is 12.5. The van der Waals surface area contributed by atoms with E-state index in [0.717, 1.165) is 10.2 Å². The predicted molar refractivity (Wildman–Crippen MR) is 98.7 cm³/mol. The fourth-order valence-corrected chi connectivity index (χ4v) is 3.44. The molecule has 1 amide bonds. The first-order valence-corrected chi connectivity index (χ1v) is 8.83. The second kappa shape index (κ2) is 7.49. The topological polar surface area (TPSA) is 92.4 Å². The summed E-state index contributed by atoms with van der Waals surface area (Å²) in [5.74, 6) is -1.21. The van der Waals surface area contributed by atoms with Crippen LogP contribution in [-0.2, 0) is 9.53 Å². The van der Waals surface area contributed by atoms with Gasteiger partial charge in [-0.3, -0.25) is 14.5 Å². The van der Waals surface area contributed by atoms with E-state index < -0.39 is 12.6 Å². The average molecular weight is 371 g/mol. The molecule has 0 aliphatic heterocycles. The number of ether oxygens (including phenoxy) is 1. The quantitative estimate of drug-likeness (QED) is 0.531. The van der Waals surface area contributed by atoms with E-state index in [0.29, 0.717) is 17.2 Å². The number of rotatable bonds is 6. The normalized spacial score (nSPS) is 10.7. The molecule has 2 heterocycles. The lowest BCUT2D eigenvalue weighted by Crippen LogP contribution is -2.34. The second-order valence-corrected chi connectivity index (χ2v) is 6.55. The highest BCUT2D eigenvalue weighted by molar-refractivity contribution is 7.22. The minimum Gasteiger partial charge on any atom is -0.451 e. The fraction of sp³-hybridized carbons (Fsp3) is 0.222. The van der Waals surface area contributed by atoms with Gasteiger partial charge in [0.25, 0.3) is 5.91 Å². The van der Waals surface area contributed by atoms with Crippen LogP contribution < -0.4 is 4.90 Å². The third-order valence-corrected chi connectivity index (χ3v) is 4.83. The molecule has 3 rings (SSSR count). The number of likely N-dealkylation sites (N-methyl/N-ethyl adjacent to an activating group) is 1. The number of ketones is 1. The van der Waals surface area contributed by atoms with Gasteiger partial charge in [-0.1, -0.05) is 23.5 Å². The number of nitrogens with one attached hydrogen (secondary N) is 1. The zero-order valence-corrected chi connectivity index (χ0v) is 15.1. The summed E-state index contributed by atoms with van der Waals surface area (Å²) >= 11 is 1.41. The van der Waals surface area contributed by atoms with Gasteiger partial charge in [-0.15, -0.1) is 0 Å². The largest absolute Gasteiger partial charge is 0.451 e. The lowest BCUT2D eigenvalue weighted by molar-refractivity contribution is -0.121. The number of Topliss-reactive ketones (excluding diaryl/α,β-unsaturated/α-hetero) is 1. The maximum absolute atomic E-state index is 12.5. The molecule has 3 aromatic rings. The molecule has 2 aromatic heterocycles. The Hall–Kier alpha value is -3.00. The molecular formula is C18H17N3O4S. The molecule has 7 nitrogen and oxygen atoms in total. The van der Waals surface area contributed by atoms with Crippen LogP contribution in [0.5, 0.6) is 0 Å². The molecule has 1 aromatic carbocycles. The first kappa shape index (κ1) is 17.8. The highest BCUT2D eigenvalue weighted by Crippen LogP contribution is 2.28. The minimum absolute atomic E-state index is 0.131. The van der Waals surface area contributed by atoms with E-state index in [-0.39, 0.29) is 17.4 Å². The van der Waals surface area contributed by atoms with Crippen molar-refractivity contribution in [1.82, 2.24) is 9.97 Å². The number of anilines is 1. The van der Waals surface area contributed by atoms with Gasteiger partial charge in [0.05, 0.1) is 10.2 Å². The van der Waals surface area contributed by atoms with Crippen LogP contribution in [0.25, 0.3) is 10.2 Å². The molecule has 0 spiro atoms. The lowest BCUT2D eigenvalue weighted by Gasteiger charge is -2.17. The number of nitrogens with zero attached hydrogens (tertiary/aromatic N) is 2. The summed E-state index contributed by atoms with van der Waals surface area (Å²) in [6.07, 6.45) is 1.43. The van der Waals surface area contributed by atoms with Crippen molar-refractivity contribution in [3.05, 3.63) is 47.8 Å². The van der Waals surface area contributed by atoms with Crippen molar-refractivity contribution in [2.24, 2.45) is 0 Å². The highest BCUT2D eigenvalue weighted by atomic mass is 32.1. The van der Waals surface area contributed by atoms with E-state index in [1.807, 2.05) is 31.2 Å². The van der Waals surface area contributed by atoms with Crippen molar-refractivity contribution in [3.8, 4) is 0 Å². The van der Waals surface area contributed by atoms with Crippen LogP contribution in [0.2, 0.25) is 0 Å². The summed E-state index contributed by atoms with van der Waals surface area (Å²) in [5, 5.41) is 0.563. The molecule has 0 saturated carbocycles. The number of fused-ring (bicyclic) bond motifs is 1. The number of aromatic nitrogens is 2. The lowest BCUT2D eigenvalue weighted by atomic mass is 10.2. The van der Waals surface area contributed by atoms with E-state index in [9.17, 15) is 14.4 Å². The molecule has 0 fully saturated rings. The second-order valence-electron chi connectivity index (χ2n) is 5.54. The Morgan fingerprint density at radius 1 is 1.27 bits per heavy atom. The van der Waals surface area contributed by atoms with Crippen LogP contribution in [0.15, 0.2) is 36.5 Å². The number of hydrogen-bond acceptors (Lipinski definition) is 6. The molecule has 134 valence electrons. The van der Waals surface area contributed by atoms with E-state index in [1.54, 1.807) is 0 Å². The van der Waals surface area contributed by atoms with Crippen molar-refractivity contribution in [2.75, 3.05) is 18.1 Å². The van der Waals surface area contributed by atoms with Crippen LogP contribution in [0.4, 0.5) is 5.13 Å². The van der Waals surface area contributed by atoms with Crippen LogP contribution >= 0.6 is 11.3 Å². The summed E-state index contributed by atoms with van der Waals surface area (Å²) in [5.41, 5.74) is 1.33. The average Bonchev–Trinajstić information content (AvgIpc) is 3.27. The fourth-order valence-electron chi connectivity index (χ4n) is 2.39. The summed E-state index contributed by atoms with van der Waals surface area (Å²) < 4.78 is 6.05. The number of esters is 1. The summed E-state index contributed by atoms with van der Waals surface area (Å²) in [4.78, 5) is 44.3. The first-order valence-electron chi connectivity index (χ1n) is 8.02. The van der Waals surface area contributed by atoms with Crippen LogP contribution in [0.1, 0.15) is 34.7 Å². The van der Waals surface area contributed by atoms with E-state index in [4.69, 9.17) is 4.74 Å². The number of thiazole rings is 1. The number of carbonyl (C=O) groups is 3. The maximum Gasteiger partial charge on any atom is 0.355 e. The molecule has 0 unspecified atom stereocenters. The van der Waals surface area contributed by atoms with Crippen molar-refractivity contribution >= 4 is 44.3 Å². The van der Waals surface area contributed by atoms with Gasteiger partial charge in [0.15, 0.2) is 17.5 Å². The summed E-state index contributed by atoms with van der Waals surface area (Å²) in [7, 11) is 0. The number of H-pyrrole nitrogens is 1. The van der Waals surface area contributed by atoms with Crippen molar-refractivity contribution in [1.29, 1.82) is 0 Å². The zero-order valence-electron chi connectivity index (χ0n) is 14.3. The van der Waals surface area contributed by atoms with E-state index in [1.165, 1.54) is 35.4 Å². The van der Waals surface area contributed by atoms with Gasteiger partial charge < -0.3 is 9.72 Å². The zero-order chi connectivity index (χ0) is 18.7. The molecule has 0 aliphatic carbocycles. The van der Waals surface area contributed by atoms with Gasteiger partial charge in [0.1, 0.15) is 5.69 Å². The van der Waals surface area contributed by atoms with Gasteiger partial charge in [0, 0.05) is 18.3 Å². The number of hydrogen-bond donors (Lipinski definition) is 1. The van der Waals surface area contributed by atoms with Crippen molar-refractivity contribution < 1.29 is 19.1 Å². The Balaban J connectivity index is 1.67. The standard InChI is InChI=1S/C18H17N3O4S/c1-3-21(18-20-13-6-4-5-7-15(13)26-18)16(23)10-25-17(24)14-8-12(9-19-14)11(2)22/h4-9,19H,3,10H2,1-2H3. The van der Waals surface area contributed by atoms with Crippen molar-refractivity contribution in [2.45, 2.75) is 13.8 Å². The van der Waals surface area contributed by atoms with Crippen LogP contribution in [-0.4, -0.2) is 40.8 Å². The Bertz CT molecular complexity index is 943. The Morgan fingerprint density at radius 2 is 2.04 bits per heavy atom. The first-order chi connectivity index (χ1) is 12.5. The van der Waals surface area contributed by atoms with Crippen LogP contribution in [0.3, 0.4) is 0 Å². The molecular weight excluding hydrogens is 354 g/mol. The van der Waals surface area contributed by atoms with E-state index >= 15 is 0 Å². The molecule has 1 N–H and O–H groups in total. The minimum atomic E-state index is -0.689. The Labute approximate surface area is 153 Å². The van der Waals surface area contributed by atoms with E-state index in [2.05, 4.69) is 9.97 Å². The van der Waals surface area contributed by atoms with Gasteiger partial charge in [-0.2, -0.15) is 0 Å². The number of carbonyl (C=O) groups excluding carboxylic acids is 3. The molecule has 8 heteroatoms. The predicted octanol–water partition coefficient (Wildman–Crippen LogP) is 3.04. The third kappa shape index (κ3) is 3.65. The van der Waals surface area contributed by atoms with Gasteiger partial charge in [-0.25, -0.2) is 9.78 Å². The van der Waals surface area contributed by atoms with Crippen LogP contribution in [0, 0.1) is 0 Å². The molecule has 0 aliphatic rings. The molecule has 0 saturated heterocycles. The SMILES string of the molecule is CCN(C(=O)COC(=O)c1cc(C(C)=O)c[nH]1)c1nc2ccccc2s1.